The van der Waals surface area contributed by atoms with E-state index in [0.29, 0.717) is 0 Å². The largest absolute Gasteiger partial charge is 0.307 e. The molecule has 0 aliphatic heterocycles. The van der Waals surface area contributed by atoms with Crippen molar-refractivity contribution in [2.45, 2.75) is 45.6 Å². The molecule has 1 unspecified atom stereocenters. The third kappa shape index (κ3) is 2.81. The van der Waals surface area contributed by atoms with Crippen LogP contribution in [0.15, 0.2) is 29.8 Å². The second-order valence-corrected chi connectivity index (χ2v) is 4.99. The molecule has 1 aliphatic rings. The minimum atomic E-state index is -0.0603. The summed E-state index contributed by atoms with van der Waals surface area (Å²) in [6.45, 7) is 4.76. The minimum Gasteiger partial charge on any atom is -0.307 e. The Balaban J connectivity index is 2.34. The van der Waals surface area contributed by atoms with E-state index in [4.69, 9.17) is 0 Å². The van der Waals surface area contributed by atoms with Gasteiger partial charge in [0, 0.05) is 5.56 Å². The van der Waals surface area contributed by atoms with Crippen LogP contribution < -0.4 is 5.32 Å². The maximum atomic E-state index is 14.3. The highest BCUT2D eigenvalue weighted by Gasteiger charge is 2.20. The van der Waals surface area contributed by atoms with E-state index in [1.54, 1.807) is 0 Å². The lowest BCUT2D eigenvalue weighted by Gasteiger charge is -2.25. The molecule has 2 rings (SSSR count). The van der Waals surface area contributed by atoms with Gasteiger partial charge in [0.15, 0.2) is 0 Å². The highest BCUT2D eigenvalue weighted by Crippen LogP contribution is 2.31. The van der Waals surface area contributed by atoms with Crippen molar-refractivity contribution in [2.24, 2.45) is 0 Å². The third-order valence-electron chi connectivity index (χ3n) is 3.64. The third-order valence-corrected chi connectivity index (χ3v) is 3.64. The fourth-order valence-electron chi connectivity index (χ4n) is 2.66. The van der Waals surface area contributed by atoms with Gasteiger partial charge in [0.2, 0.25) is 0 Å². The van der Waals surface area contributed by atoms with Gasteiger partial charge in [-0.15, -0.1) is 0 Å². The average molecular weight is 247 g/mol. The second kappa shape index (κ2) is 6.14. The van der Waals surface area contributed by atoms with Gasteiger partial charge in [-0.2, -0.15) is 0 Å². The summed E-state index contributed by atoms with van der Waals surface area (Å²) in [4.78, 5) is 0. The van der Waals surface area contributed by atoms with Crippen LogP contribution in [-0.2, 0) is 0 Å². The molecule has 0 bridgehead atoms. The molecule has 1 nitrogen and oxygen atoms in total. The van der Waals surface area contributed by atoms with Crippen molar-refractivity contribution in [1.29, 1.82) is 0 Å². The summed E-state index contributed by atoms with van der Waals surface area (Å²) in [5.41, 5.74) is 2.88. The summed E-state index contributed by atoms with van der Waals surface area (Å²) < 4.78 is 14.3. The van der Waals surface area contributed by atoms with Crippen LogP contribution in [0.4, 0.5) is 4.39 Å². The quantitative estimate of drug-likeness (QED) is 0.783. The average Bonchev–Trinajstić information content (AvgIpc) is 2.41. The van der Waals surface area contributed by atoms with Crippen LogP contribution in [0.25, 0.3) is 0 Å². The highest BCUT2D eigenvalue weighted by atomic mass is 19.1. The van der Waals surface area contributed by atoms with Crippen molar-refractivity contribution in [3.63, 3.8) is 0 Å². The number of halogens is 1. The van der Waals surface area contributed by atoms with Gasteiger partial charge in [-0.1, -0.05) is 36.8 Å². The van der Waals surface area contributed by atoms with Gasteiger partial charge in [0.25, 0.3) is 0 Å². The van der Waals surface area contributed by atoms with Crippen LogP contribution in [0.2, 0.25) is 0 Å². The van der Waals surface area contributed by atoms with Crippen molar-refractivity contribution >= 4 is 0 Å². The Kier molecular flexibility index (Phi) is 4.54. The molecule has 0 saturated heterocycles. The lowest BCUT2D eigenvalue weighted by Crippen LogP contribution is -2.24. The first-order valence-electron chi connectivity index (χ1n) is 6.91. The lowest BCUT2D eigenvalue weighted by molar-refractivity contribution is 0.524. The van der Waals surface area contributed by atoms with Gasteiger partial charge in [-0.3, -0.25) is 0 Å². The Morgan fingerprint density at radius 1 is 1.33 bits per heavy atom. The van der Waals surface area contributed by atoms with E-state index >= 15 is 0 Å². The molecular weight excluding hydrogens is 225 g/mol. The maximum Gasteiger partial charge on any atom is 0.131 e. The van der Waals surface area contributed by atoms with Crippen LogP contribution in [0.1, 0.15) is 49.8 Å². The molecule has 2 heteroatoms. The van der Waals surface area contributed by atoms with Gasteiger partial charge in [0.05, 0.1) is 6.04 Å². The summed E-state index contributed by atoms with van der Waals surface area (Å²) in [6.07, 6.45) is 6.99. The van der Waals surface area contributed by atoms with Crippen molar-refractivity contribution in [3.8, 4) is 0 Å². The lowest BCUT2D eigenvalue weighted by atomic mass is 9.89. The molecule has 0 aromatic heterocycles. The first-order valence-corrected chi connectivity index (χ1v) is 6.91. The molecular formula is C16H22FN. The van der Waals surface area contributed by atoms with Crippen molar-refractivity contribution < 1.29 is 4.39 Å². The number of hydrogen-bond donors (Lipinski definition) is 1. The molecule has 0 spiro atoms. The smallest absolute Gasteiger partial charge is 0.131 e. The van der Waals surface area contributed by atoms with E-state index in [0.717, 1.165) is 30.5 Å². The zero-order valence-corrected chi connectivity index (χ0v) is 11.3. The van der Waals surface area contributed by atoms with Crippen LogP contribution in [0.5, 0.6) is 0 Å². The number of benzene rings is 1. The number of rotatable bonds is 4. The van der Waals surface area contributed by atoms with Gasteiger partial charge in [-0.05, 0) is 44.7 Å². The molecule has 98 valence electrons. The second-order valence-electron chi connectivity index (χ2n) is 4.99. The summed E-state index contributed by atoms with van der Waals surface area (Å²) in [5, 5.41) is 3.43. The molecule has 0 radical (unpaired) electrons. The number of hydrogen-bond acceptors (Lipinski definition) is 1. The van der Waals surface area contributed by atoms with Gasteiger partial charge in [-0.25, -0.2) is 4.39 Å². The number of allylic oxidation sites excluding steroid dienone is 1. The molecule has 18 heavy (non-hydrogen) atoms. The fraction of sp³-hybridized carbons (Fsp3) is 0.500. The van der Waals surface area contributed by atoms with Crippen LogP contribution in [-0.4, -0.2) is 6.54 Å². The van der Waals surface area contributed by atoms with E-state index in [-0.39, 0.29) is 11.9 Å². The highest BCUT2D eigenvalue weighted by molar-refractivity contribution is 5.33. The normalized spacial score (nSPS) is 17.4. The van der Waals surface area contributed by atoms with Crippen LogP contribution in [0.3, 0.4) is 0 Å². The molecule has 1 aromatic rings. The standard InChI is InChI=1S/C16H22FN/c1-3-18-16(13-9-5-4-6-10-13)14-11-7-8-12(2)15(14)17/h7-9,11,16,18H,3-6,10H2,1-2H3. The summed E-state index contributed by atoms with van der Waals surface area (Å²) in [5.74, 6) is -0.0603. The first-order chi connectivity index (χ1) is 8.74. The van der Waals surface area contributed by atoms with Crippen molar-refractivity contribution in [1.82, 2.24) is 5.32 Å². The number of aryl methyl sites for hydroxylation is 1. The monoisotopic (exact) mass is 247 g/mol. The van der Waals surface area contributed by atoms with Gasteiger partial charge < -0.3 is 5.32 Å². The fourth-order valence-corrected chi connectivity index (χ4v) is 2.66. The number of likely N-dealkylation sites (N-methyl/N-ethyl adjacent to an activating group) is 1. The Labute approximate surface area is 109 Å². The van der Waals surface area contributed by atoms with Crippen LogP contribution >= 0.6 is 0 Å². The van der Waals surface area contributed by atoms with E-state index < -0.39 is 0 Å². The summed E-state index contributed by atoms with van der Waals surface area (Å²) in [7, 11) is 0. The molecule has 0 fully saturated rings. The van der Waals surface area contributed by atoms with E-state index in [1.807, 2.05) is 25.1 Å². The van der Waals surface area contributed by atoms with E-state index in [2.05, 4.69) is 18.3 Å². The predicted molar refractivity (Wildman–Crippen MR) is 74.1 cm³/mol. The Bertz CT molecular complexity index is 437. The zero-order chi connectivity index (χ0) is 13.0. The van der Waals surface area contributed by atoms with Gasteiger partial charge in [0.1, 0.15) is 5.82 Å². The van der Waals surface area contributed by atoms with E-state index in [9.17, 15) is 4.39 Å². The van der Waals surface area contributed by atoms with Crippen molar-refractivity contribution in [2.75, 3.05) is 6.54 Å². The van der Waals surface area contributed by atoms with Crippen LogP contribution in [0, 0.1) is 12.7 Å². The Morgan fingerprint density at radius 3 is 2.83 bits per heavy atom. The SMILES string of the molecule is CCNC(C1=CCCCC1)c1cccc(C)c1F. The van der Waals surface area contributed by atoms with E-state index in [1.165, 1.54) is 18.4 Å². The van der Waals surface area contributed by atoms with Gasteiger partial charge >= 0.3 is 0 Å². The Morgan fingerprint density at radius 2 is 2.17 bits per heavy atom. The molecule has 1 atom stereocenters. The first kappa shape index (κ1) is 13.3. The number of nitrogens with one attached hydrogen (secondary N) is 1. The molecule has 1 aromatic carbocycles. The zero-order valence-electron chi connectivity index (χ0n) is 11.3. The summed E-state index contributed by atoms with van der Waals surface area (Å²) >= 11 is 0. The maximum absolute atomic E-state index is 14.3. The topological polar surface area (TPSA) is 12.0 Å². The minimum absolute atomic E-state index is 0.0511. The molecule has 1 aliphatic carbocycles. The van der Waals surface area contributed by atoms with Crippen molar-refractivity contribution in [3.05, 3.63) is 46.8 Å². The summed E-state index contributed by atoms with van der Waals surface area (Å²) in [6, 6.07) is 5.74. The molecule has 0 amide bonds. The molecule has 0 heterocycles. The predicted octanol–water partition coefficient (Wildman–Crippen LogP) is 4.29. The Hall–Kier alpha value is -1.15. The molecule has 1 N–H and O–H groups in total. The molecule has 0 saturated carbocycles.